The van der Waals surface area contributed by atoms with Gasteiger partial charge in [-0.3, -0.25) is 18.9 Å². The van der Waals surface area contributed by atoms with Crippen LogP contribution >= 0.6 is 0 Å². The topological polar surface area (TPSA) is 66.7 Å². The number of hydrogen-bond acceptors (Lipinski definition) is 4. The van der Waals surface area contributed by atoms with Crippen molar-refractivity contribution in [2.45, 2.75) is 25.8 Å². The number of likely N-dealkylation sites (N-methyl/N-ethyl adjacent to an activating group) is 1. The lowest BCUT2D eigenvalue weighted by Crippen LogP contribution is -2.41. The van der Waals surface area contributed by atoms with Crippen LogP contribution in [0.2, 0.25) is 0 Å². The first-order chi connectivity index (χ1) is 10.7. The molecule has 3 heterocycles. The van der Waals surface area contributed by atoms with Gasteiger partial charge in [0.25, 0.3) is 11.5 Å². The zero-order valence-corrected chi connectivity index (χ0v) is 12.7. The normalized spacial score (nSPS) is 18.7. The second kappa shape index (κ2) is 6.27. The number of likely N-dealkylation sites (tertiary alicyclic amines) is 1. The van der Waals surface area contributed by atoms with Crippen LogP contribution in [0.1, 0.15) is 30.1 Å². The summed E-state index contributed by atoms with van der Waals surface area (Å²) in [6.45, 7) is 4.77. The van der Waals surface area contributed by atoms with E-state index in [4.69, 9.17) is 0 Å². The van der Waals surface area contributed by atoms with Crippen molar-refractivity contribution in [3.63, 3.8) is 0 Å². The van der Waals surface area contributed by atoms with Gasteiger partial charge in [0.05, 0.1) is 0 Å². The Balaban J connectivity index is 1.75. The zero-order valence-electron chi connectivity index (χ0n) is 12.7. The molecule has 0 bridgehead atoms. The van der Waals surface area contributed by atoms with Gasteiger partial charge >= 0.3 is 0 Å². The summed E-state index contributed by atoms with van der Waals surface area (Å²) in [7, 11) is 0. The lowest BCUT2D eigenvalue weighted by molar-refractivity contribution is 0.0939. The Hall–Kier alpha value is -2.21. The Bertz CT molecular complexity index is 740. The summed E-state index contributed by atoms with van der Waals surface area (Å²) in [5.74, 6) is -0.348. The van der Waals surface area contributed by atoms with Crippen molar-refractivity contribution < 1.29 is 4.79 Å². The van der Waals surface area contributed by atoms with Crippen molar-refractivity contribution >= 4 is 11.6 Å². The van der Waals surface area contributed by atoms with E-state index in [2.05, 4.69) is 22.1 Å². The van der Waals surface area contributed by atoms with Gasteiger partial charge in [-0.05, 0) is 38.1 Å². The predicted octanol–water partition coefficient (Wildman–Crippen LogP) is 0.909. The first kappa shape index (κ1) is 14.7. The molecule has 6 heteroatoms. The monoisotopic (exact) mass is 300 g/mol. The second-order valence-corrected chi connectivity index (χ2v) is 5.54. The van der Waals surface area contributed by atoms with Crippen LogP contribution in [-0.2, 0) is 0 Å². The molecule has 1 amide bonds. The highest BCUT2D eigenvalue weighted by Gasteiger charge is 2.23. The van der Waals surface area contributed by atoms with Gasteiger partial charge in [0, 0.05) is 25.0 Å². The Morgan fingerprint density at radius 2 is 2.32 bits per heavy atom. The number of pyridine rings is 1. The summed E-state index contributed by atoms with van der Waals surface area (Å²) in [4.78, 5) is 31.1. The molecule has 6 nitrogen and oxygen atoms in total. The first-order valence-corrected chi connectivity index (χ1v) is 7.69. The molecular formula is C16H20N4O2. The van der Waals surface area contributed by atoms with Gasteiger partial charge in [-0.2, -0.15) is 0 Å². The average molecular weight is 300 g/mol. The number of carbonyl (C=O) groups excluding carboxylic acids is 1. The first-order valence-electron chi connectivity index (χ1n) is 7.69. The molecule has 0 aliphatic carbocycles. The molecule has 1 fully saturated rings. The fraction of sp³-hybridized carbons (Fsp3) is 0.438. The van der Waals surface area contributed by atoms with E-state index in [1.165, 1.54) is 10.6 Å². The van der Waals surface area contributed by atoms with E-state index in [1.54, 1.807) is 24.4 Å². The van der Waals surface area contributed by atoms with Gasteiger partial charge < -0.3 is 5.32 Å². The maximum atomic E-state index is 12.3. The highest BCUT2D eigenvalue weighted by Crippen LogP contribution is 2.15. The molecule has 1 N–H and O–H groups in total. The number of nitrogens with one attached hydrogen (secondary N) is 1. The van der Waals surface area contributed by atoms with Crippen molar-refractivity contribution in [3.8, 4) is 0 Å². The van der Waals surface area contributed by atoms with Gasteiger partial charge in [0.1, 0.15) is 11.2 Å². The smallest absolute Gasteiger partial charge is 0.270 e. The number of fused-ring (bicyclic) bond motifs is 1. The quantitative estimate of drug-likeness (QED) is 0.911. The molecule has 116 valence electrons. The molecule has 0 saturated carbocycles. The summed E-state index contributed by atoms with van der Waals surface area (Å²) in [6, 6.07) is 5.65. The number of carbonyl (C=O) groups is 1. The standard InChI is InChI=1S/C16H20N4O2/c1-2-19-8-5-6-12(19)10-18-15(21)13-11-17-14-7-3-4-9-20(14)16(13)22/h3-4,7,9,11-12H,2,5-6,8,10H2,1H3,(H,18,21). The zero-order chi connectivity index (χ0) is 15.5. The van der Waals surface area contributed by atoms with E-state index in [9.17, 15) is 9.59 Å². The van der Waals surface area contributed by atoms with Crippen LogP contribution in [0, 0.1) is 0 Å². The predicted molar refractivity (Wildman–Crippen MR) is 84.1 cm³/mol. The van der Waals surface area contributed by atoms with Crippen LogP contribution < -0.4 is 10.9 Å². The fourth-order valence-electron chi connectivity index (χ4n) is 3.03. The van der Waals surface area contributed by atoms with E-state index in [0.717, 1.165) is 25.9 Å². The van der Waals surface area contributed by atoms with Gasteiger partial charge in [-0.1, -0.05) is 13.0 Å². The van der Waals surface area contributed by atoms with E-state index in [-0.39, 0.29) is 17.0 Å². The van der Waals surface area contributed by atoms with Crippen molar-refractivity contribution in [2.24, 2.45) is 0 Å². The molecule has 0 aromatic carbocycles. The SMILES string of the molecule is CCN1CCCC1CNC(=O)c1cnc2ccccn2c1=O. The maximum absolute atomic E-state index is 12.3. The van der Waals surface area contributed by atoms with Crippen LogP contribution in [0.15, 0.2) is 35.4 Å². The summed E-state index contributed by atoms with van der Waals surface area (Å²) in [5, 5.41) is 2.88. The van der Waals surface area contributed by atoms with Crippen LogP contribution in [0.5, 0.6) is 0 Å². The lowest BCUT2D eigenvalue weighted by Gasteiger charge is -2.22. The summed E-state index contributed by atoms with van der Waals surface area (Å²) in [5.41, 5.74) is 0.295. The second-order valence-electron chi connectivity index (χ2n) is 5.54. The lowest BCUT2D eigenvalue weighted by atomic mass is 10.2. The summed E-state index contributed by atoms with van der Waals surface area (Å²) >= 11 is 0. The molecular weight excluding hydrogens is 280 g/mol. The fourth-order valence-corrected chi connectivity index (χ4v) is 3.03. The Labute approximate surface area is 128 Å². The largest absolute Gasteiger partial charge is 0.350 e. The van der Waals surface area contributed by atoms with Crippen molar-refractivity contribution in [1.29, 1.82) is 0 Å². The molecule has 1 unspecified atom stereocenters. The van der Waals surface area contributed by atoms with Crippen LogP contribution in [0.25, 0.3) is 5.65 Å². The minimum absolute atomic E-state index is 0.0877. The number of hydrogen-bond donors (Lipinski definition) is 1. The van der Waals surface area contributed by atoms with Crippen LogP contribution in [0.3, 0.4) is 0 Å². The van der Waals surface area contributed by atoms with Crippen LogP contribution in [-0.4, -0.2) is 45.9 Å². The minimum Gasteiger partial charge on any atom is -0.350 e. The Morgan fingerprint density at radius 1 is 1.45 bits per heavy atom. The Morgan fingerprint density at radius 3 is 3.14 bits per heavy atom. The third-order valence-corrected chi connectivity index (χ3v) is 4.26. The van der Waals surface area contributed by atoms with Gasteiger partial charge in [0.15, 0.2) is 0 Å². The van der Waals surface area contributed by atoms with Gasteiger partial charge in [-0.15, -0.1) is 0 Å². The molecule has 1 aliphatic rings. The third-order valence-electron chi connectivity index (χ3n) is 4.26. The molecule has 1 aliphatic heterocycles. The van der Waals surface area contributed by atoms with E-state index >= 15 is 0 Å². The molecule has 0 spiro atoms. The highest BCUT2D eigenvalue weighted by molar-refractivity contribution is 5.93. The molecule has 1 atom stereocenters. The molecule has 2 aromatic heterocycles. The summed E-state index contributed by atoms with van der Waals surface area (Å²) in [6.07, 6.45) is 5.23. The van der Waals surface area contributed by atoms with Crippen molar-refractivity contribution in [2.75, 3.05) is 19.6 Å². The van der Waals surface area contributed by atoms with E-state index in [0.29, 0.717) is 18.2 Å². The van der Waals surface area contributed by atoms with E-state index in [1.807, 2.05) is 0 Å². The average Bonchev–Trinajstić information content (AvgIpc) is 3.01. The highest BCUT2D eigenvalue weighted by atomic mass is 16.2. The number of rotatable bonds is 4. The molecule has 22 heavy (non-hydrogen) atoms. The van der Waals surface area contributed by atoms with Gasteiger partial charge in [-0.25, -0.2) is 4.98 Å². The van der Waals surface area contributed by atoms with Crippen molar-refractivity contribution in [3.05, 3.63) is 46.5 Å². The number of amides is 1. The van der Waals surface area contributed by atoms with E-state index < -0.39 is 0 Å². The maximum Gasteiger partial charge on any atom is 0.270 e. The molecule has 1 saturated heterocycles. The minimum atomic E-state index is -0.348. The molecule has 0 radical (unpaired) electrons. The molecule has 2 aromatic rings. The number of aromatic nitrogens is 2. The number of nitrogens with zero attached hydrogens (tertiary/aromatic N) is 3. The Kier molecular flexibility index (Phi) is 4.20. The van der Waals surface area contributed by atoms with Crippen LogP contribution in [0.4, 0.5) is 0 Å². The van der Waals surface area contributed by atoms with Gasteiger partial charge in [0.2, 0.25) is 0 Å². The summed E-state index contributed by atoms with van der Waals surface area (Å²) < 4.78 is 1.39. The third kappa shape index (κ3) is 2.74. The molecule has 3 rings (SSSR count). The van der Waals surface area contributed by atoms with Crippen molar-refractivity contribution in [1.82, 2.24) is 19.6 Å².